The maximum absolute atomic E-state index is 8.39. The predicted octanol–water partition coefficient (Wildman–Crippen LogP) is 1.16. The molecule has 0 bridgehead atoms. The quantitative estimate of drug-likeness (QED) is 0.219. The summed E-state index contributed by atoms with van der Waals surface area (Å²) >= 11 is 0. The van der Waals surface area contributed by atoms with E-state index >= 15 is 0 Å². The number of hydrogen-bond acceptors (Lipinski definition) is 2. The molecule has 0 saturated carbocycles. The van der Waals surface area contributed by atoms with E-state index in [1.54, 1.807) is 0 Å². The molecule has 0 aliphatic carbocycles. The van der Waals surface area contributed by atoms with Crippen LogP contribution in [0.15, 0.2) is 17.3 Å². The van der Waals surface area contributed by atoms with Gasteiger partial charge < -0.3 is 5.21 Å². The molecule has 0 fully saturated rings. The highest BCUT2D eigenvalue weighted by molar-refractivity contribution is 5.43. The van der Waals surface area contributed by atoms with Crippen LogP contribution in [0.1, 0.15) is 17.0 Å². The van der Waals surface area contributed by atoms with Gasteiger partial charge in [0.25, 0.3) is 0 Å². The van der Waals surface area contributed by atoms with Crippen molar-refractivity contribution in [3.8, 4) is 0 Å². The lowest BCUT2D eigenvalue weighted by Gasteiger charge is -2.01. The molecular formula is C9H13N2O+. The molecule has 0 amide bonds. The fraction of sp³-hybridized carbons (Fsp3) is 0.333. The van der Waals surface area contributed by atoms with E-state index in [-0.39, 0.29) is 0 Å². The summed E-state index contributed by atoms with van der Waals surface area (Å²) in [4.78, 5) is 0. The minimum Gasteiger partial charge on any atom is -0.313 e. The third kappa shape index (κ3) is 1.61. The molecule has 0 atom stereocenters. The van der Waals surface area contributed by atoms with Gasteiger partial charge in [-0.05, 0) is 38.5 Å². The van der Waals surface area contributed by atoms with E-state index < -0.39 is 0 Å². The zero-order chi connectivity index (χ0) is 9.14. The van der Waals surface area contributed by atoms with Crippen LogP contribution in [-0.4, -0.2) is 11.5 Å². The molecule has 12 heavy (non-hydrogen) atoms. The van der Waals surface area contributed by atoms with Crippen LogP contribution in [0.25, 0.3) is 0 Å². The molecule has 0 radical (unpaired) electrons. The fourth-order valence-corrected chi connectivity index (χ4v) is 1.35. The van der Waals surface area contributed by atoms with E-state index in [0.717, 1.165) is 11.4 Å². The van der Waals surface area contributed by atoms with Gasteiger partial charge in [0.2, 0.25) is 0 Å². The van der Waals surface area contributed by atoms with E-state index in [9.17, 15) is 0 Å². The van der Waals surface area contributed by atoms with Gasteiger partial charge in [-0.3, -0.25) is 0 Å². The minimum absolute atomic E-state index is 1.06. The van der Waals surface area contributed by atoms with Crippen molar-refractivity contribution in [2.24, 2.45) is 5.16 Å². The van der Waals surface area contributed by atoms with Crippen LogP contribution in [0.2, 0.25) is 0 Å². The molecule has 1 rings (SSSR count). The van der Waals surface area contributed by atoms with Gasteiger partial charge in [0, 0.05) is 0 Å². The van der Waals surface area contributed by atoms with E-state index in [2.05, 4.69) is 5.16 Å². The number of rotatable bonds is 1. The summed E-state index contributed by atoms with van der Waals surface area (Å²) < 4.78 is 1.83. The Morgan fingerprint density at radius 3 is 2.17 bits per heavy atom. The third-order valence-electron chi connectivity index (χ3n) is 1.80. The highest BCUT2D eigenvalue weighted by atomic mass is 16.4. The van der Waals surface area contributed by atoms with Gasteiger partial charge in [-0.15, -0.1) is 0 Å². The molecule has 1 aromatic rings. The Hall–Kier alpha value is -1.38. The second-order valence-corrected chi connectivity index (χ2v) is 2.92. The lowest BCUT2D eigenvalue weighted by molar-refractivity contribution is -0.562. The Labute approximate surface area is 72.0 Å². The van der Waals surface area contributed by atoms with Crippen molar-refractivity contribution in [1.29, 1.82) is 0 Å². The van der Waals surface area contributed by atoms with Crippen molar-refractivity contribution in [2.75, 3.05) is 0 Å². The normalized spacial score (nSPS) is 10.9. The Bertz CT molecular complexity index is 295. The standard InChI is InChI=1S/C9H12N2O/c1-7-4-8(2)11(6-10-12)9(3)5-7/h4-6H,1-3H3/p+1/b10-6-. The first-order valence-corrected chi connectivity index (χ1v) is 3.82. The van der Waals surface area contributed by atoms with Gasteiger partial charge >= 0.3 is 6.34 Å². The largest absolute Gasteiger partial charge is 0.338 e. The predicted molar refractivity (Wildman–Crippen MR) is 46.5 cm³/mol. The number of aryl methyl sites for hydroxylation is 3. The van der Waals surface area contributed by atoms with Crippen LogP contribution < -0.4 is 4.57 Å². The topological polar surface area (TPSA) is 36.5 Å². The molecule has 0 unspecified atom stereocenters. The maximum atomic E-state index is 8.39. The lowest BCUT2D eigenvalue weighted by atomic mass is 10.2. The number of oxime groups is 1. The number of pyridine rings is 1. The molecule has 1 heterocycles. The van der Waals surface area contributed by atoms with Gasteiger partial charge in [-0.2, -0.15) is 0 Å². The average Bonchev–Trinajstić information content (AvgIpc) is 1.96. The third-order valence-corrected chi connectivity index (χ3v) is 1.80. The Kier molecular flexibility index (Phi) is 2.43. The summed E-state index contributed by atoms with van der Waals surface area (Å²) in [6.45, 7) is 5.99. The maximum Gasteiger partial charge on any atom is 0.338 e. The smallest absolute Gasteiger partial charge is 0.313 e. The van der Waals surface area contributed by atoms with Crippen molar-refractivity contribution in [3.05, 3.63) is 29.1 Å². The highest BCUT2D eigenvalue weighted by Gasteiger charge is 2.04. The summed E-state index contributed by atoms with van der Waals surface area (Å²) in [6.07, 6.45) is 1.39. The number of hydrogen-bond donors (Lipinski definition) is 1. The summed E-state index contributed by atoms with van der Waals surface area (Å²) in [6, 6.07) is 4.07. The minimum atomic E-state index is 1.06. The Balaban J connectivity index is 3.28. The molecule has 3 heteroatoms. The van der Waals surface area contributed by atoms with Gasteiger partial charge in [-0.25, -0.2) is 4.57 Å². The van der Waals surface area contributed by atoms with Gasteiger partial charge in [-0.1, -0.05) is 0 Å². The van der Waals surface area contributed by atoms with Crippen LogP contribution in [0.3, 0.4) is 0 Å². The average molecular weight is 165 g/mol. The van der Waals surface area contributed by atoms with E-state index in [4.69, 9.17) is 5.21 Å². The van der Waals surface area contributed by atoms with Gasteiger partial charge in [0.1, 0.15) is 16.5 Å². The molecule has 1 N–H and O–H groups in total. The van der Waals surface area contributed by atoms with Crippen molar-refractivity contribution < 1.29 is 9.77 Å². The Morgan fingerprint density at radius 2 is 1.75 bits per heavy atom. The summed E-state index contributed by atoms with van der Waals surface area (Å²) in [5, 5.41) is 11.4. The molecular weight excluding hydrogens is 152 g/mol. The summed E-state index contributed by atoms with van der Waals surface area (Å²) in [5.41, 5.74) is 3.34. The molecule has 1 aromatic heterocycles. The van der Waals surface area contributed by atoms with Crippen LogP contribution in [0.4, 0.5) is 0 Å². The number of aromatic nitrogens is 1. The van der Waals surface area contributed by atoms with Crippen LogP contribution in [0.5, 0.6) is 0 Å². The fourth-order valence-electron chi connectivity index (χ4n) is 1.35. The lowest BCUT2D eigenvalue weighted by Crippen LogP contribution is -2.40. The first-order valence-electron chi connectivity index (χ1n) is 3.82. The summed E-state index contributed by atoms with van der Waals surface area (Å²) in [5.74, 6) is 0. The monoisotopic (exact) mass is 165 g/mol. The highest BCUT2D eigenvalue weighted by Crippen LogP contribution is 1.99. The van der Waals surface area contributed by atoms with Crippen molar-refractivity contribution in [3.63, 3.8) is 0 Å². The zero-order valence-corrected chi connectivity index (χ0v) is 7.57. The Morgan fingerprint density at radius 1 is 1.25 bits per heavy atom. The second-order valence-electron chi connectivity index (χ2n) is 2.92. The SMILES string of the molecule is Cc1cc(C)[n+](/C=N\O)c(C)c1. The molecule has 0 saturated heterocycles. The molecule has 0 spiro atoms. The van der Waals surface area contributed by atoms with E-state index in [1.165, 1.54) is 11.9 Å². The molecule has 64 valence electrons. The summed E-state index contributed by atoms with van der Waals surface area (Å²) in [7, 11) is 0. The van der Waals surface area contributed by atoms with Crippen LogP contribution in [-0.2, 0) is 0 Å². The van der Waals surface area contributed by atoms with E-state index in [0.29, 0.717) is 0 Å². The van der Waals surface area contributed by atoms with Crippen molar-refractivity contribution in [1.82, 2.24) is 0 Å². The van der Waals surface area contributed by atoms with Gasteiger partial charge in [0.05, 0.1) is 0 Å². The van der Waals surface area contributed by atoms with Crippen LogP contribution >= 0.6 is 0 Å². The van der Waals surface area contributed by atoms with E-state index in [1.807, 2.05) is 37.5 Å². The molecule has 0 aliphatic rings. The van der Waals surface area contributed by atoms with Crippen LogP contribution in [0, 0.1) is 20.8 Å². The molecule has 3 nitrogen and oxygen atoms in total. The number of nitrogens with zero attached hydrogens (tertiary/aromatic N) is 2. The van der Waals surface area contributed by atoms with Gasteiger partial charge in [0.15, 0.2) is 0 Å². The molecule has 0 aromatic carbocycles. The van der Waals surface area contributed by atoms with Crippen molar-refractivity contribution >= 4 is 6.34 Å². The van der Waals surface area contributed by atoms with Crippen molar-refractivity contribution in [2.45, 2.75) is 20.8 Å². The first-order chi connectivity index (χ1) is 5.65. The first kappa shape index (κ1) is 8.71. The zero-order valence-electron chi connectivity index (χ0n) is 7.57. The molecule has 0 aliphatic heterocycles. The second kappa shape index (κ2) is 3.34.